The van der Waals surface area contributed by atoms with Crippen molar-refractivity contribution in [3.8, 4) is 0 Å². The predicted octanol–water partition coefficient (Wildman–Crippen LogP) is 4.92. The topological polar surface area (TPSA) is 97.9 Å². The number of hydrogen-bond donors (Lipinski definition) is 3. The molecule has 0 atom stereocenters. The van der Waals surface area contributed by atoms with Crippen molar-refractivity contribution >= 4 is 33.8 Å². The fraction of sp³-hybridized carbons (Fsp3) is 0.560. The van der Waals surface area contributed by atoms with Crippen LogP contribution in [0.4, 0.5) is 10.6 Å². The smallest absolute Gasteiger partial charge is 0.315 e. The highest BCUT2D eigenvalue weighted by atomic mass is 16.2. The van der Waals surface area contributed by atoms with Gasteiger partial charge in [0.2, 0.25) is 0 Å². The van der Waals surface area contributed by atoms with Crippen molar-refractivity contribution in [2.75, 3.05) is 5.73 Å². The minimum Gasteiger partial charge on any atom is -0.382 e. The van der Waals surface area contributed by atoms with Crippen LogP contribution < -0.4 is 16.4 Å². The maximum absolute atomic E-state index is 12.8. The van der Waals surface area contributed by atoms with E-state index in [1.807, 2.05) is 32.0 Å². The molecule has 0 bridgehead atoms. The number of carbonyl (C=O) groups excluding carboxylic acids is 1. The van der Waals surface area contributed by atoms with Gasteiger partial charge in [-0.05, 0) is 39.2 Å². The fourth-order valence-electron chi connectivity index (χ4n) is 4.99. The van der Waals surface area contributed by atoms with Gasteiger partial charge in [0.25, 0.3) is 0 Å². The van der Waals surface area contributed by atoms with E-state index in [4.69, 9.17) is 10.7 Å². The van der Waals surface area contributed by atoms with E-state index < -0.39 is 0 Å². The molecule has 2 aromatic heterocycles. The Morgan fingerprint density at radius 2 is 1.94 bits per heavy atom. The van der Waals surface area contributed by atoms with Gasteiger partial charge in [0.05, 0.1) is 16.6 Å². The van der Waals surface area contributed by atoms with Gasteiger partial charge in [-0.3, -0.25) is 0 Å². The summed E-state index contributed by atoms with van der Waals surface area (Å²) >= 11 is 0. The summed E-state index contributed by atoms with van der Waals surface area (Å²) in [6, 6.07) is 8.12. The zero-order valence-electron chi connectivity index (χ0n) is 19.6. The number of para-hydroxylation sites is 1. The quantitative estimate of drug-likeness (QED) is 0.490. The Morgan fingerprint density at radius 3 is 2.66 bits per heavy atom. The van der Waals surface area contributed by atoms with Crippen LogP contribution in [0.1, 0.15) is 71.5 Å². The summed E-state index contributed by atoms with van der Waals surface area (Å²) in [6.07, 6.45) is 8.40. The van der Waals surface area contributed by atoms with Gasteiger partial charge in [-0.2, -0.15) is 0 Å². The van der Waals surface area contributed by atoms with E-state index in [2.05, 4.69) is 33.2 Å². The van der Waals surface area contributed by atoms with Gasteiger partial charge in [-0.1, -0.05) is 50.8 Å². The first-order valence-corrected chi connectivity index (χ1v) is 12.0. The number of nitrogens with two attached hydrogens (primary N) is 1. The molecule has 1 aliphatic carbocycles. The van der Waals surface area contributed by atoms with Crippen LogP contribution >= 0.6 is 0 Å². The average molecular weight is 437 g/mol. The fourth-order valence-corrected chi connectivity index (χ4v) is 4.99. The van der Waals surface area contributed by atoms with Crippen LogP contribution in [-0.4, -0.2) is 32.1 Å². The number of nitrogens with zero attached hydrogens (tertiary/aromatic N) is 3. The zero-order valence-corrected chi connectivity index (χ0v) is 19.6. The minimum atomic E-state index is -0.301. The van der Waals surface area contributed by atoms with Gasteiger partial charge < -0.3 is 20.9 Å². The molecule has 1 aliphatic rings. The molecule has 7 nitrogen and oxygen atoms in total. The molecule has 0 radical (unpaired) electrons. The number of urea groups is 1. The second-order valence-corrected chi connectivity index (χ2v) is 9.52. The number of rotatable bonds is 7. The molecule has 2 amide bonds. The van der Waals surface area contributed by atoms with Gasteiger partial charge in [0, 0.05) is 24.4 Å². The van der Waals surface area contributed by atoms with Gasteiger partial charge in [-0.25, -0.2) is 14.8 Å². The highest BCUT2D eigenvalue weighted by Crippen LogP contribution is 2.35. The maximum Gasteiger partial charge on any atom is 0.315 e. The Labute approximate surface area is 190 Å². The molecule has 172 valence electrons. The van der Waals surface area contributed by atoms with E-state index in [1.165, 1.54) is 6.42 Å². The molecule has 0 saturated heterocycles. The van der Waals surface area contributed by atoms with Crippen LogP contribution in [0.3, 0.4) is 0 Å². The Morgan fingerprint density at radius 1 is 1.19 bits per heavy atom. The number of nitrogens with one attached hydrogen (secondary N) is 2. The van der Waals surface area contributed by atoms with Gasteiger partial charge in [0.15, 0.2) is 5.82 Å². The Bertz CT molecular complexity index is 1100. The largest absolute Gasteiger partial charge is 0.382 e. The van der Waals surface area contributed by atoms with Gasteiger partial charge in [-0.15, -0.1) is 0 Å². The number of carbonyl (C=O) groups is 1. The van der Waals surface area contributed by atoms with Crippen molar-refractivity contribution in [2.45, 2.75) is 90.3 Å². The molecule has 7 heteroatoms. The number of aromatic nitrogens is 3. The minimum absolute atomic E-state index is 0.0903. The summed E-state index contributed by atoms with van der Waals surface area (Å²) in [7, 11) is 0. The van der Waals surface area contributed by atoms with E-state index >= 15 is 0 Å². The number of unbranched alkanes of at least 4 members (excludes halogenated alkanes) is 1. The number of imidazole rings is 1. The number of amides is 2. The lowest BCUT2D eigenvalue weighted by Crippen LogP contribution is -2.56. The molecule has 0 unspecified atom stereocenters. The highest BCUT2D eigenvalue weighted by molar-refractivity contribution is 6.06. The van der Waals surface area contributed by atoms with E-state index in [1.54, 1.807) is 0 Å². The van der Waals surface area contributed by atoms with Crippen LogP contribution in [-0.2, 0) is 13.0 Å². The first kappa shape index (κ1) is 22.4. The van der Waals surface area contributed by atoms with Crippen molar-refractivity contribution in [1.82, 2.24) is 25.2 Å². The molecular weight excluding hydrogens is 400 g/mol. The van der Waals surface area contributed by atoms with Crippen LogP contribution in [0.25, 0.3) is 21.9 Å². The second-order valence-electron chi connectivity index (χ2n) is 9.52. The van der Waals surface area contributed by atoms with Crippen molar-refractivity contribution in [2.24, 2.45) is 0 Å². The number of nitrogen functional groups attached to an aromatic ring is 1. The number of aryl methyl sites for hydroxylation is 1. The summed E-state index contributed by atoms with van der Waals surface area (Å²) in [5.41, 5.74) is 8.75. The molecule has 32 heavy (non-hydrogen) atoms. The Balaban J connectivity index is 1.83. The monoisotopic (exact) mass is 436 g/mol. The normalized spacial score (nSPS) is 16.0. The number of anilines is 1. The predicted molar refractivity (Wildman–Crippen MR) is 131 cm³/mol. The van der Waals surface area contributed by atoms with E-state index in [0.29, 0.717) is 12.4 Å². The summed E-state index contributed by atoms with van der Waals surface area (Å²) < 4.78 is 2.33. The van der Waals surface area contributed by atoms with Crippen LogP contribution in [0.5, 0.6) is 0 Å². The zero-order chi connectivity index (χ0) is 22.7. The molecule has 4 N–H and O–H groups in total. The summed E-state index contributed by atoms with van der Waals surface area (Å²) in [5, 5.41) is 7.44. The standard InChI is InChI=1S/C25H36N6O/c1-4-5-13-20-29-21-22(18-11-7-8-12-19(18)28-23(21)26)31(20)16-25(14-9-6-10-15-25)30-24(32)27-17(2)3/h7-8,11-12,17H,4-6,9-10,13-16H2,1-3H3,(H2,26,28)(H2,27,30,32). The summed E-state index contributed by atoms with van der Waals surface area (Å²) in [5.74, 6) is 1.50. The van der Waals surface area contributed by atoms with Crippen molar-refractivity contribution in [1.29, 1.82) is 0 Å². The molecule has 3 aromatic rings. The molecular formula is C25H36N6O. The van der Waals surface area contributed by atoms with Crippen molar-refractivity contribution < 1.29 is 4.79 Å². The van der Waals surface area contributed by atoms with Crippen LogP contribution in [0.15, 0.2) is 24.3 Å². The lowest BCUT2D eigenvalue weighted by molar-refractivity contribution is 0.186. The van der Waals surface area contributed by atoms with Crippen LogP contribution in [0, 0.1) is 0 Å². The summed E-state index contributed by atoms with van der Waals surface area (Å²) in [6.45, 7) is 6.86. The lowest BCUT2D eigenvalue weighted by Gasteiger charge is -2.39. The summed E-state index contributed by atoms with van der Waals surface area (Å²) in [4.78, 5) is 22.3. The third-order valence-electron chi connectivity index (χ3n) is 6.51. The van der Waals surface area contributed by atoms with Gasteiger partial charge >= 0.3 is 6.03 Å². The van der Waals surface area contributed by atoms with E-state index in [9.17, 15) is 4.79 Å². The first-order valence-electron chi connectivity index (χ1n) is 12.0. The molecule has 1 saturated carbocycles. The number of pyridine rings is 1. The first-order chi connectivity index (χ1) is 15.4. The van der Waals surface area contributed by atoms with Crippen molar-refractivity contribution in [3.05, 3.63) is 30.1 Å². The second kappa shape index (κ2) is 9.35. The third kappa shape index (κ3) is 4.52. The van der Waals surface area contributed by atoms with Gasteiger partial charge in [0.1, 0.15) is 11.3 Å². The SMILES string of the molecule is CCCCc1nc2c(N)nc3ccccc3c2n1CC1(NC(=O)NC(C)C)CCCCC1. The molecule has 4 rings (SSSR count). The highest BCUT2D eigenvalue weighted by Gasteiger charge is 2.35. The Hall–Kier alpha value is -2.83. The van der Waals surface area contributed by atoms with Crippen molar-refractivity contribution in [3.63, 3.8) is 0 Å². The third-order valence-corrected chi connectivity index (χ3v) is 6.51. The Kier molecular flexibility index (Phi) is 6.53. The lowest BCUT2D eigenvalue weighted by atomic mass is 9.81. The van der Waals surface area contributed by atoms with E-state index in [0.717, 1.165) is 72.7 Å². The molecule has 0 aliphatic heterocycles. The maximum atomic E-state index is 12.8. The van der Waals surface area contributed by atoms with Crippen LogP contribution in [0.2, 0.25) is 0 Å². The number of benzene rings is 1. The van der Waals surface area contributed by atoms with E-state index in [-0.39, 0.29) is 17.6 Å². The number of hydrogen-bond acceptors (Lipinski definition) is 4. The molecule has 0 spiro atoms. The number of fused-ring (bicyclic) bond motifs is 3. The molecule has 2 heterocycles. The molecule has 1 fully saturated rings. The molecule has 1 aromatic carbocycles. The average Bonchev–Trinajstić information content (AvgIpc) is 3.11.